The monoisotopic (exact) mass is 374 g/mol. The Hall–Kier alpha value is -3.41. The third kappa shape index (κ3) is 3.29. The Bertz CT molecular complexity index is 979. The van der Waals surface area contributed by atoms with Gasteiger partial charge in [-0.05, 0) is 41.7 Å². The highest BCUT2D eigenvalue weighted by Gasteiger charge is 2.52. The maximum atomic E-state index is 13.2. The van der Waals surface area contributed by atoms with Crippen LogP contribution in [0.3, 0.4) is 0 Å². The SMILES string of the molecule is CNC(=O)C(NC(=O)C1(c2cccc(-c3ccn[nH]3)c2)CC1)c1ccccc1. The van der Waals surface area contributed by atoms with Crippen molar-refractivity contribution in [2.24, 2.45) is 0 Å². The van der Waals surface area contributed by atoms with E-state index >= 15 is 0 Å². The molecule has 1 atom stereocenters. The van der Waals surface area contributed by atoms with Gasteiger partial charge in [0.05, 0.1) is 11.1 Å². The van der Waals surface area contributed by atoms with Gasteiger partial charge in [0, 0.05) is 13.2 Å². The van der Waals surface area contributed by atoms with Gasteiger partial charge in [0.2, 0.25) is 11.8 Å². The molecule has 1 aliphatic carbocycles. The number of carbonyl (C=O) groups excluding carboxylic acids is 2. The van der Waals surface area contributed by atoms with Crippen LogP contribution in [0.15, 0.2) is 66.9 Å². The normalized spacial score (nSPS) is 15.5. The first kappa shape index (κ1) is 18.0. The molecule has 2 amide bonds. The lowest BCUT2D eigenvalue weighted by Gasteiger charge is -2.22. The Morgan fingerprint density at radius 3 is 2.50 bits per heavy atom. The summed E-state index contributed by atoms with van der Waals surface area (Å²) < 4.78 is 0. The first-order valence-corrected chi connectivity index (χ1v) is 9.32. The van der Waals surface area contributed by atoms with Crippen molar-refractivity contribution in [3.63, 3.8) is 0 Å². The summed E-state index contributed by atoms with van der Waals surface area (Å²) in [6.45, 7) is 0. The molecule has 1 aromatic heterocycles. The van der Waals surface area contributed by atoms with Crippen molar-refractivity contribution in [2.45, 2.75) is 24.3 Å². The standard InChI is InChI=1S/C22H22N4O2/c1-23-20(27)19(15-6-3-2-4-7-15)25-21(28)22(11-12-22)17-9-5-8-16(14-17)18-10-13-24-26-18/h2-10,13-14,19H,11-12H2,1H3,(H,23,27)(H,24,26)(H,25,28). The minimum atomic E-state index is -0.716. The number of aromatic amines is 1. The summed E-state index contributed by atoms with van der Waals surface area (Å²) in [6, 6.07) is 18.4. The Morgan fingerprint density at radius 1 is 1.07 bits per heavy atom. The van der Waals surface area contributed by atoms with Crippen LogP contribution in [0.5, 0.6) is 0 Å². The molecule has 2 aromatic carbocycles. The second-order valence-corrected chi connectivity index (χ2v) is 7.06. The molecule has 4 rings (SSSR count). The largest absolute Gasteiger partial charge is 0.357 e. The molecule has 1 unspecified atom stereocenters. The molecule has 0 bridgehead atoms. The lowest BCUT2D eigenvalue weighted by molar-refractivity contribution is -0.130. The Kier molecular flexibility index (Phi) is 4.69. The summed E-state index contributed by atoms with van der Waals surface area (Å²) >= 11 is 0. The molecule has 6 heteroatoms. The average molecular weight is 374 g/mol. The third-order valence-corrected chi connectivity index (χ3v) is 5.33. The summed E-state index contributed by atoms with van der Waals surface area (Å²) in [5, 5.41) is 12.6. The van der Waals surface area contributed by atoms with Gasteiger partial charge in [-0.15, -0.1) is 0 Å². The van der Waals surface area contributed by atoms with E-state index in [-0.39, 0.29) is 11.8 Å². The first-order valence-electron chi connectivity index (χ1n) is 9.32. The van der Waals surface area contributed by atoms with Gasteiger partial charge in [-0.2, -0.15) is 5.10 Å². The number of carbonyl (C=O) groups is 2. The van der Waals surface area contributed by atoms with E-state index < -0.39 is 11.5 Å². The summed E-state index contributed by atoms with van der Waals surface area (Å²) in [7, 11) is 1.57. The molecule has 142 valence electrons. The molecule has 3 aromatic rings. The maximum Gasteiger partial charge on any atom is 0.246 e. The fourth-order valence-electron chi connectivity index (χ4n) is 3.53. The molecule has 0 spiro atoms. The van der Waals surface area contributed by atoms with Crippen molar-refractivity contribution in [3.05, 3.63) is 78.0 Å². The smallest absolute Gasteiger partial charge is 0.246 e. The molecule has 28 heavy (non-hydrogen) atoms. The number of hydrogen-bond donors (Lipinski definition) is 3. The Balaban J connectivity index is 1.60. The van der Waals surface area contributed by atoms with Crippen LogP contribution in [0, 0.1) is 0 Å². The zero-order chi connectivity index (χ0) is 19.6. The average Bonchev–Trinajstić information content (AvgIpc) is 3.38. The highest BCUT2D eigenvalue weighted by atomic mass is 16.2. The van der Waals surface area contributed by atoms with E-state index in [2.05, 4.69) is 20.8 Å². The van der Waals surface area contributed by atoms with Crippen LogP contribution in [0.4, 0.5) is 0 Å². The van der Waals surface area contributed by atoms with Gasteiger partial charge in [-0.1, -0.05) is 48.5 Å². The molecular weight excluding hydrogens is 352 g/mol. The summed E-state index contributed by atoms with van der Waals surface area (Å²) in [5.74, 6) is -0.353. The first-order chi connectivity index (χ1) is 13.6. The van der Waals surface area contributed by atoms with Gasteiger partial charge in [-0.25, -0.2) is 0 Å². The Labute approximate surface area is 163 Å². The number of nitrogens with zero attached hydrogens (tertiary/aromatic N) is 1. The van der Waals surface area contributed by atoms with Crippen molar-refractivity contribution in [1.29, 1.82) is 0 Å². The third-order valence-electron chi connectivity index (χ3n) is 5.33. The number of rotatable bonds is 6. The zero-order valence-corrected chi connectivity index (χ0v) is 15.6. The maximum absolute atomic E-state index is 13.2. The number of nitrogens with one attached hydrogen (secondary N) is 3. The Morgan fingerprint density at radius 2 is 1.86 bits per heavy atom. The minimum absolute atomic E-state index is 0.119. The second kappa shape index (κ2) is 7.31. The van der Waals surface area contributed by atoms with Gasteiger partial charge in [0.25, 0.3) is 0 Å². The van der Waals surface area contributed by atoms with E-state index in [9.17, 15) is 9.59 Å². The molecule has 0 aliphatic heterocycles. The van der Waals surface area contributed by atoms with Gasteiger partial charge in [0.15, 0.2) is 0 Å². The molecule has 0 radical (unpaired) electrons. The number of amides is 2. The molecule has 1 aliphatic rings. The number of H-pyrrole nitrogens is 1. The van der Waals surface area contributed by atoms with Crippen LogP contribution in [0.25, 0.3) is 11.3 Å². The van der Waals surface area contributed by atoms with Gasteiger partial charge in [0.1, 0.15) is 6.04 Å². The molecule has 3 N–H and O–H groups in total. The molecule has 1 saturated carbocycles. The van der Waals surface area contributed by atoms with Gasteiger partial charge in [-0.3, -0.25) is 14.7 Å². The lowest BCUT2D eigenvalue weighted by atomic mass is 9.92. The summed E-state index contributed by atoms with van der Waals surface area (Å²) in [5.41, 5.74) is 3.03. The van der Waals surface area contributed by atoms with Crippen molar-refractivity contribution in [3.8, 4) is 11.3 Å². The zero-order valence-electron chi connectivity index (χ0n) is 15.6. The highest BCUT2D eigenvalue weighted by molar-refractivity contribution is 5.95. The molecular formula is C22H22N4O2. The van der Waals surface area contributed by atoms with Gasteiger partial charge < -0.3 is 10.6 Å². The van der Waals surface area contributed by atoms with E-state index in [4.69, 9.17) is 0 Å². The van der Waals surface area contributed by atoms with Gasteiger partial charge >= 0.3 is 0 Å². The second-order valence-electron chi connectivity index (χ2n) is 7.06. The predicted octanol–water partition coefficient (Wildman–Crippen LogP) is 2.71. The molecule has 0 saturated heterocycles. The van der Waals surface area contributed by atoms with Crippen molar-refractivity contribution < 1.29 is 9.59 Å². The van der Waals surface area contributed by atoms with E-state index in [0.29, 0.717) is 0 Å². The van der Waals surface area contributed by atoms with Crippen LogP contribution in [-0.4, -0.2) is 29.1 Å². The van der Waals surface area contributed by atoms with E-state index in [1.54, 1.807) is 13.2 Å². The number of likely N-dealkylation sites (N-methyl/N-ethyl adjacent to an activating group) is 1. The minimum Gasteiger partial charge on any atom is -0.357 e. The van der Waals surface area contributed by atoms with Crippen molar-refractivity contribution in [1.82, 2.24) is 20.8 Å². The van der Waals surface area contributed by atoms with Crippen LogP contribution in [-0.2, 0) is 15.0 Å². The molecule has 1 fully saturated rings. The van der Waals surface area contributed by atoms with Crippen LogP contribution in [0.2, 0.25) is 0 Å². The van der Waals surface area contributed by atoms with Crippen molar-refractivity contribution in [2.75, 3.05) is 7.05 Å². The lowest BCUT2D eigenvalue weighted by Crippen LogP contribution is -2.43. The van der Waals surface area contributed by atoms with Crippen LogP contribution >= 0.6 is 0 Å². The number of benzene rings is 2. The number of hydrogen-bond acceptors (Lipinski definition) is 3. The van der Waals surface area contributed by atoms with E-state index in [0.717, 1.165) is 35.2 Å². The van der Waals surface area contributed by atoms with E-state index in [1.165, 1.54) is 0 Å². The van der Waals surface area contributed by atoms with Crippen molar-refractivity contribution >= 4 is 11.8 Å². The number of aromatic nitrogens is 2. The van der Waals surface area contributed by atoms with Crippen LogP contribution in [0.1, 0.15) is 30.0 Å². The fourth-order valence-corrected chi connectivity index (χ4v) is 3.53. The van der Waals surface area contributed by atoms with E-state index in [1.807, 2.05) is 60.7 Å². The fraction of sp³-hybridized carbons (Fsp3) is 0.227. The highest BCUT2D eigenvalue weighted by Crippen LogP contribution is 2.49. The topological polar surface area (TPSA) is 86.9 Å². The summed E-state index contributed by atoms with van der Waals surface area (Å²) in [6.07, 6.45) is 3.23. The predicted molar refractivity (Wildman–Crippen MR) is 106 cm³/mol. The molecule has 6 nitrogen and oxygen atoms in total. The summed E-state index contributed by atoms with van der Waals surface area (Å²) in [4.78, 5) is 25.6. The van der Waals surface area contributed by atoms with Crippen LogP contribution < -0.4 is 10.6 Å². The quantitative estimate of drug-likeness (QED) is 0.620. The molecule has 1 heterocycles.